The number of hydrogen-bond donors (Lipinski definition) is 1. The summed E-state index contributed by atoms with van der Waals surface area (Å²) in [7, 11) is 0. The highest BCUT2D eigenvalue weighted by atomic mass is 79.9. The molecule has 4 rings (SSSR count). The molecule has 3 aromatic rings. The van der Waals surface area contributed by atoms with Gasteiger partial charge in [-0.15, -0.1) is 0 Å². The third-order valence-corrected chi connectivity index (χ3v) is 5.19. The number of nitrogens with one attached hydrogen (secondary N) is 1. The van der Waals surface area contributed by atoms with Crippen molar-refractivity contribution in [1.29, 1.82) is 0 Å². The molecular formula is C17H13Br2FN4. The van der Waals surface area contributed by atoms with Crippen molar-refractivity contribution in [3.05, 3.63) is 74.7 Å². The fourth-order valence-electron chi connectivity index (χ4n) is 3.09. The molecule has 1 N–H and O–H groups in total. The summed E-state index contributed by atoms with van der Waals surface area (Å²) in [6.07, 6.45) is 2.18. The van der Waals surface area contributed by atoms with Crippen molar-refractivity contribution in [1.82, 2.24) is 14.8 Å². The maximum Gasteiger partial charge on any atom is 0.222 e. The van der Waals surface area contributed by atoms with Crippen LogP contribution >= 0.6 is 31.9 Å². The Kier molecular flexibility index (Phi) is 4.14. The van der Waals surface area contributed by atoms with E-state index in [1.165, 1.54) is 12.4 Å². The molecule has 4 nitrogen and oxygen atoms in total. The van der Waals surface area contributed by atoms with E-state index in [1.54, 1.807) is 10.7 Å². The summed E-state index contributed by atoms with van der Waals surface area (Å²) in [5.41, 5.74) is 1.73. The van der Waals surface area contributed by atoms with E-state index in [9.17, 15) is 4.39 Å². The maximum atomic E-state index is 14.4. The average Bonchev–Trinajstić information content (AvgIpc) is 3.05. The fraction of sp³-hybridized carbons (Fsp3) is 0.176. The molecule has 2 unspecified atom stereocenters. The minimum atomic E-state index is -0.237. The SMILES string of the molecule is Fc1ccc(Br)cc1C1CC(c2cccc(Br)c2)Nc2ncnn21. The number of aromatic nitrogens is 3. The Hall–Kier alpha value is -1.73. The Balaban J connectivity index is 1.78. The van der Waals surface area contributed by atoms with Crippen molar-refractivity contribution in [3.8, 4) is 0 Å². The smallest absolute Gasteiger partial charge is 0.222 e. The van der Waals surface area contributed by atoms with Crippen LogP contribution in [0.5, 0.6) is 0 Å². The molecule has 0 bridgehead atoms. The van der Waals surface area contributed by atoms with E-state index in [4.69, 9.17) is 0 Å². The number of fused-ring (bicyclic) bond motifs is 1. The third-order valence-electron chi connectivity index (χ3n) is 4.20. The van der Waals surface area contributed by atoms with Gasteiger partial charge in [0.25, 0.3) is 0 Å². The molecule has 122 valence electrons. The lowest BCUT2D eigenvalue weighted by molar-refractivity contribution is 0.415. The first-order chi connectivity index (χ1) is 11.6. The zero-order valence-corrected chi connectivity index (χ0v) is 15.6. The fourth-order valence-corrected chi connectivity index (χ4v) is 3.89. The number of anilines is 1. The molecule has 0 saturated carbocycles. The minimum Gasteiger partial charge on any atom is -0.348 e. The van der Waals surface area contributed by atoms with E-state index in [-0.39, 0.29) is 17.9 Å². The van der Waals surface area contributed by atoms with Crippen LogP contribution in [0.1, 0.15) is 29.6 Å². The van der Waals surface area contributed by atoms with Crippen molar-refractivity contribution in [2.75, 3.05) is 5.32 Å². The number of nitrogens with zero attached hydrogens (tertiary/aromatic N) is 3. The highest BCUT2D eigenvalue weighted by Crippen LogP contribution is 2.39. The molecule has 1 aromatic heterocycles. The van der Waals surface area contributed by atoms with E-state index in [1.807, 2.05) is 18.2 Å². The van der Waals surface area contributed by atoms with Gasteiger partial charge in [-0.25, -0.2) is 9.07 Å². The molecular weight excluding hydrogens is 439 g/mol. The number of hydrogen-bond acceptors (Lipinski definition) is 3. The summed E-state index contributed by atoms with van der Waals surface area (Å²) >= 11 is 6.94. The third kappa shape index (κ3) is 2.86. The number of benzene rings is 2. The second-order valence-corrected chi connectivity index (χ2v) is 7.53. The predicted molar refractivity (Wildman–Crippen MR) is 97.4 cm³/mol. The second kappa shape index (κ2) is 6.29. The minimum absolute atomic E-state index is 0.0302. The molecule has 0 saturated heterocycles. The lowest BCUT2D eigenvalue weighted by Crippen LogP contribution is -2.28. The zero-order chi connectivity index (χ0) is 16.7. The molecule has 1 aliphatic rings. The molecule has 2 heterocycles. The van der Waals surface area contributed by atoms with Crippen LogP contribution in [0.2, 0.25) is 0 Å². The Labute approximate surface area is 155 Å². The standard InChI is InChI=1S/C17H13Br2FN4/c18-11-3-1-2-10(6-11)15-8-16(24-17(23-15)21-9-22-24)13-7-12(19)4-5-14(13)20/h1-7,9,15-16H,8H2,(H,21,22,23). The van der Waals surface area contributed by atoms with Crippen LogP contribution in [-0.2, 0) is 0 Å². The zero-order valence-electron chi connectivity index (χ0n) is 12.5. The van der Waals surface area contributed by atoms with E-state index < -0.39 is 0 Å². The van der Waals surface area contributed by atoms with Crippen LogP contribution in [0.15, 0.2) is 57.7 Å². The molecule has 0 amide bonds. The summed E-state index contributed by atoms with van der Waals surface area (Å²) in [6.45, 7) is 0. The molecule has 0 radical (unpaired) electrons. The molecule has 24 heavy (non-hydrogen) atoms. The van der Waals surface area contributed by atoms with Gasteiger partial charge in [0.1, 0.15) is 12.1 Å². The molecule has 2 aromatic carbocycles. The van der Waals surface area contributed by atoms with Crippen LogP contribution in [0.4, 0.5) is 10.3 Å². The van der Waals surface area contributed by atoms with Gasteiger partial charge in [-0.3, -0.25) is 0 Å². The van der Waals surface area contributed by atoms with Gasteiger partial charge >= 0.3 is 0 Å². The van der Waals surface area contributed by atoms with Crippen molar-refractivity contribution >= 4 is 37.8 Å². The van der Waals surface area contributed by atoms with Crippen LogP contribution < -0.4 is 5.32 Å². The summed E-state index contributed by atoms with van der Waals surface area (Å²) in [6, 6.07) is 12.9. The monoisotopic (exact) mass is 450 g/mol. The lowest BCUT2D eigenvalue weighted by atomic mass is 9.93. The van der Waals surface area contributed by atoms with Crippen LogP contribution in [0.3, 0.4) is 0 Å². The lowest BCUT2D eigenvalue weighted by Gasteiger charge is -2.32. The topological polar surface area (TPSA) is 42.7 Å². The van der Waals surface area contributed by atoms with Gasteiger partial charge in [0, 0.05) is 14.5 Å². The predicted octanol–water partition coefficient (Wildman–Crippen LogP) is 5.09. The Bertz CT molecular complexity index is 896. The first-order valence-corrected chi connectivity index (χ1v) is 9.07. The highest BCUT2D eigenvalue weighted by Gasteiger charge is 2.31. The quantitative estimate of drug-likeness (QED) is 0.590. The molecule has 0 aliphatic carbocycles. The van der Waals surface area contributed by atoms with Gasteiger partial charge in [-0.1, -0.05) is 44.0 Å². The van der Waals surface area contributed by atoms with E-state index in [0.717, 1.165) is 14.5 Å². The second-order valence-electron chi connectivity index (χ2n) is 5.70. The highest BCUT2D eigenvalue weighted by molar-refractivity contribution is 9.10. The van der Waals surface area contributed by atoms with E-state index in [0.29, 0.717) is 17.9 Å². The number of rotatable bonds is 2. The van der Waals surface area contributed by atoms with Gasteiger partial charge in [-0.2, -0.15) is 10.1 Å². The molecule has 7 heteroatoms. The molecule has 1 aliphatic heterocycles. The van der Waals surface area contributed by atoms with Crippen molar-refractivity contribution in [3.63, 3.8) is 0 Å². The molecule has 0 fully saturated rings. The van der Waals surface area contributed by atoms with E-state index in [2.05, 4.69) is 59.4 Å². The van der Waals surface area contributed by atoms with Gasteiger partial charge in [0.2, 0.25) is 5.95 Å². The first-order valence-electron chi connectivity index (χ1n) is 7.48. The Morgan fingerprint density at radius 1 is 1.12 bits per heavy atom. The van der Waals surface area contributed by atoms with Gasteiger partial charge < -0.3 is 5.32 Å². The van der Waals surface area contributed by atoms with Gasteiger partial charge in [-0.05, 0) is 42.3 Å². The van der Waals surface area contributed by atoms with Crippen molar-refractivity contribution < 1.29 is 4.39 Å². The van der Waals surface area contributed by atoms with Gasteiger partial charge in [0.15, 0.2) is 0 Å². The average molecular weight is 452 g/mol. The molecule has 0 spiro atoms. The first kappa shape index (κ1) is 15.8. The van der Waals surface area contributed by atoms with Crippen LogP contribution in [0, 0.1) is 5.82 Å². The summed E-state index contributed by atoms with van der Waals surface area (Å²) in [5, 5.41) is 7.67. The Morgan fingerprint density at radius 3 is 2.79 bits per heavy atom. The molecule has 2 atom stereocenters. The van der Waals surface area contributed by atoms with Crippen molar-refractivity contribution in [2.45, 2.75) is 18.5 Å². The van der Waals surface area contributed by atoms with Gasteiger partial charge in [0.05, 0.1) is 12.1 Å². The summed E-state index contributed by atoms with van der Waals surface area (Å²) < 4.78 is 18.0. The number of halogens is 3. The normalized spacial score (nSPS) is 19.6. The van der Waals surface area contributed by atoms with Crippen molar-refractivity contribution in [2.24, 2.45) is 0 Å². The summed E-state index contributed by atoms with van der Waals surface area (Å²) in [4.78, 5) is 4.28. The van der Waals surface area contributed by atoms with Crippen LogP contribution in [0.25, 0.3) is 0 Å². The Morgan fingerprint density at radius 2 is 1.96 bits per heavy atom. The van der Waals surface area contributed by atoms with E-state index >= 15 is 0 Å². The largest absolute Gasteiger partial charge is 0.348 e. The summed E-state index contributed by atoms with van der Waals surface area (Å²) in [5.74, 6) is 0.412. The maximum absolute atomic E-state index is 14.4. The van der Waals surface area contributed by atoms with Crippen LogP contribution in [-0.4, -0.2) is 14.8 Å².